The van der Waals surface area contributed by atoms with Gasteiger partial charge in [0.2, 0.25) is 5.91 Å². The molecule has 1 unspecified atom stereocenters. The first-order chi connectivity index (χ1) is 16.0. The predicted octanol–water partition coefficient (Wildman–Crippen LogP) is 2.85. The number of sulfonamides is 1. The van der Waals surface area contributed by atoms with Crippen LogP contribution < -0.4 is 23.8 Å². The molecule has 1 aliphatic rings. The summed E-state index contributed by atoms with van der Waals surface area (Å²) in [6.45, 7) is 0.0600. The number of amides is 1. The van der Waals surface area contributed by atoms with Crippen molar-refractivity contribution in [3.63, 3.8) is 0 Å². The van der Waals surface area contributed by atoms with Crippen LogP contribution >= 0.6 is 0 Å². The van der Waals surface area contributed by atoms with E-state index in [2.05, 4.69) is 5.32 Å². The second kappa shape index (κ2) is 9.83. The number of anilines is 1. The largest absolute Gasteiger partial charge is 0.497 e. The lowest BCUT2D eigenvalue weighted by molar-refractivity contribution is -0.120. The number of carbonyl (C=O) groups excluding carboxylic acids is 1. The summed E-state index contributed by atoms with van der Waals surface area (Å²) in [5.74, 6) is 1.37. The van der Waals surface area contributed by atoms with Gasteiger partial charge in [0.1, 0.15) is 25.0 Å². The van der Waals surface area contributed by atoms with E-state index in [4.69, 9.17) is 14.2 Å². The van der Waals surface area contributed by atoms with Crippen molar-refractivity contribution < 1.29 is 27.4 Å². The lowest BCUT2D eigenvalue weighted by Gasteiger charge is -2.27. The van der Waals surface area contributed by atoms with E-state index in [1.165, 1.54) is 19.2 Å². The summed E-state index contributed by atoms with van der Waals surface area (Å²) in [6, 6.07) is 21.8. The van der Waals surface area contributed by atoms with Crippen LogP contribution in [0.2, 0.25) is 0 Å². The van der Waals surface area contributed by atoms with Gasteiger partial charge in [0.25, 0.3) is 10.0 Å². The zero-order chi connectivity index (χ0) is 23.3. The summed E-state index contributed by atoms with van der Waals surface area (Å²) in [6.07, 6.45) is -0.385. The summed E-state index contributed by atoms with van der Waals surface area (Å²) in [5.41, 5.74) is 0.348. The van der Waals surface area contributed by atoms with E-state index in [9.17, 15) is 13.2 Å². The fourth-order valence-electron chi connectivity index (χ4n) is 3.36. The van der Waals surface area contributed by atoms with Gasteiger partial charge in [-0.3, -0.25) is 9.10 Å². The average molecular weight is 469 g/mol. The summed E-state index contributed by atoms with van der Waals surface area (Å²) < 4.78 is 44.4. The van der Waals surface area contributed by atoms with E-state index < -0.39 is 22.5 Å². The highest BCUT2D eigenvalue weighted by Gasteiger charge is 2.28. The summed E-state index contributed by atoms with van der Waals surface area (Å²) >= 11 is 0. The minimum Gasteiger partial charge on any atom is -0.497 e. The van der Waals surface area contributed by atoms with Crippen molar-refractivity contribution in [1.29, 1.82) is 0 Å². The van der Waals surface area contributed by atoms with Crippen LogP contribution in [0.3, 0.4) is 0 Å². The Kier molecular flexibility index (Phi) is 6.69. The van der Waals surface area contributed by atoms with Crippen LogP contribution in [0.5, 0.6) is 17.2 Å². The number of hydrogen-bond acceptors (Lipinski definition) is 6. The van der Waals surface area contributed by atoms with Crippen LogP contribution in [0.1, 0.15) is 0 Å². The number of fused-ring (bicyclic) bond motifs is 1. The van der Waals surface area contributed by atoms with Crippen LogP contribution in [-0.2, 0) is 14.8 Å². The Balaban J connectivity index is 1.48. The van der Waals surface area contributed by atoms with Crippen LogP contribution in [0.25, 0.3) is 0 Å². The second-order valence-electron chi connectivity index (χ2n) is 7.32. The quantitative estimate of drug-likeness (QED) is 0.546. The molecule has 1 N–H and O–H groups in total. The van der Waals surface area contributed by atoms with Gasteiger partial charge in [-0.05, 0) is 48.5 Å². The van der Waals surface area contributed by atoms with Crippen molar-refractivity contribution in [1.82, 2.24) is 5.32 Å². The minimum absolute atomic E-state index is 0.0919. The van der Waals surface area contributed by atoms with Crippen molar-refractivity contribution in [2.24, 2.45) is 0 Å². The highest BCUT2D eigenvalue weighted by Crippen LogP contribution is 2.30. The first-order valence-corrected chi connectivity index (χ1v) is 11.8. The number of nitrogens with one attached hydrogen (secondary N) is 1. The number of hydrogen-bond donors (Lipinski definition) is 1. The molecule has 0 radical (unpaired) electrons. The molecular formula is C24H24N2O6S. The smallest absolute Gasteiger partial charge is 0.264 e. The zero-order valence-corrected chi connectivity index (χ0v) is 18.8. The molecule has 1 amide bonds. The third-order valence-electron chi connectivity index (χ3n) is 5.07. The number of rotatable bonds is 8. The van der Waals surface area contributed by atoms with E-state index in [1.807, 2.05) is 18.2 Å². The normalized spacial score (nSPS) is 14.9. The van der Waals surface area contributed by atoms with Gasteiger partial charge in [0.05, 0.1) is 24.2 Å². The van der Waals surface area contributed by atoms with E-state index in [0.29, 0.717) is 22.9 Å². The third-order valence-corrected chi connectivity index (χ3v) is 6.86. The van der Waals surface area contributed by atoms with Crippen LogP contribution in [-0.4, -0.2) is 47.2 Å². The highest BCUT2D eigenvalue weighted by atomic mass is 32.2. The topological polar surface area (TPSA) is 94.2 Å². The van der Waals surface area contributed by atoms with Crippen molar-refractivity contribution >= 4 is 21.6 Å². The van der Waals surface area contributed by atoms with Gasteiger partial charge in [-0.2, -0.15) is 0 Å². The molecule has 0 fully saturated rings. The fourth-order valence-corrected chi connectivity index (χ4v) is 4.80. The molecule has 1 aliphatic heterocycles. The summed E-state index contributed by atoms with van der Waals surface area (Å²) in [4.78, 5) is 12.9. The van der Waals surface area contributed by atoms with Gasteiger partial charge in [-0.25, -0.2) is 8.42 Å². The summed E-state index contributed by atoms with van der Waals surface area (Å²) in [5, 5.41) is 2.75. The maximum atomic E-state index is 13.3. The van der Waals surface area contributed by atoms with Crippen LogP contribution in [0, 0.1) is 0 Å². The van der Waals surface area contributed by atoms with Crippen molar-refractivity contribution in [3.8, 4) is 17.2 Å². The van der Waals surface area contributed by atoms with Crippen molar-refractivity contribution in [2.45, 2.75) is 11.0 Å². The number of para-hydroxylation sites is 2. The van der Waals surface area contributed by atoms with Gasteiger partial charge < -0.3 is 19.5 Å². The molecular weight excluding hydrogens is 444 g/mol. The van der Waals surface area contributed by atoms with Gasteiger partial charge in [0, 0.05) is 0 Å². The monoisotopic (exact) mass is 468 g/mol. The molecule has 8 nitrogen and oxygen atoms in total. The SMILES string of the molecule is COc1ccc(N(CC(=O)NCC2COc3ccccc3O2)S(=O)(=O)c2ccccc2)cc1. The molecule has 0 spiro atoms. The van der Waals surface area contributed by atoms with E-state index in [1.54, 1.807) is 48.5 Å². The summed E-state index contributed by atoms with van der Waals surface area (Å²) in [7, 11) is -2.45. The van der Waals surface area contributed by atoms with Gasteiger partial charge in [-0.1, -0.05) is 30.3 Å². The molecule has 3 aromatic carbocycles. The van der Waals surface area contributed by atoms with Crippen LogP contribution in [0.4, 0.5) is 5.69 Å². The highest BCUT2D eigenvalue weighted by molar-refractivity contribution is 7.92. The molecule has 172 valence electrons. The Hall–Kier alpha value is -3.72. The van der Waals surface area contributed by atoms with Gasteiger partial charge in [0.15, 0.2) is 11.5 Å². The van der Waals surface area contributed by atoms with Gasteiger partial charge in [-0.15, -0.1) is 0 Å². The van der Waals surface area contributed by atoms with E-state index in [-0.39, 0.29) is 24.2 Å². The third kappa shape index (κ3) is 5.20. The first-order valence-electron chi connectivity index (χ1n) is 10.3. The van der Waals surface area contributed by atoms with E-state index in [0.717, 1.165) is 4.31 Å². The Morgan fingerprint density at radius 3 is 2.36 bits per heavy atom. The standard InChI is InChI=1S/C24H24N2O6S/c1-30-19-13-11-18(12-14-19)26(33(28,29)21-7-3-2-4-8-21)16-24(27)25-15-20-17-31-22-9-5-6-10-23(22)32-20/h2-14,20H,15-17H2,1H3,(H,25,27). The molecule has 3 aromatic rings. The maximum absolute atomic E-state index is 13.3. The number of ether oxygens (including phenoxy) is 3. The zero-order valence-electron chi connectivity index (χ0n) is 18.0. The lowest BCUT2D eigenvalue weighted by atomic mass is 10.2. The van der Waals surface area contributed by atoms with E-state index >= 15 is 0 Å². The average Bonchev–Trinajstić information content (AvgIpc) is 2.86. The second-order valence-corrected chi connectivity index (χ2v) is 9.19. The molecule has 0 bridgehead atoms. The van der Waals surface area contributed by atoms with Crippen LogP contribution in [0.15, 0.2) is 83.8 Å². The molecule has 0 saturated heterocycles. The molecule has 1 atom stereocenters. The van der Waals surface area contributed by atoms with Crippen molar-refractivity contribution in [3.05, 3.63) is 78.9 Å². The Morgan fingerprint density at radius 1 is 1.00 bits per heavy atom. The number of methoxy groups -OCH3 is 1. The predicted molar refractivity (Wildman–Crippen MR) is 123 cm³/mol. The molecule has 33 heavy (non-hydrogen) atoms. The minimum atomic E-state index is -3.98. The molecule has 0 aromatic heterocycles. The number of nitrogens with zero attached hydrogens (tertiary/aromatic N) is 1. The lowest BCUT2D eigenvalue weighted by Crippen LogP contribution is -2.45. The molecule has 9 heteroatoms. The van der Waals surface area contributed by atoms with Crippen molar-refractivity contribution in [2.75, 3.05) is 31.1 Å². The Morgan fingerprint density at radius 2 is 1.67 bits per heavy atom. The van der Waals surface area contributed by atoms with Gasteiger partial charge >= 0.3 is 0 Å². The fraction of sp³-hybridized carbons (Fsp3) is 0.208. The molecule has 1 heterocycles. The molecule has 0 saturated carbocycles. The molecule has 4 rings (SSSR count). The maximum Gasteiger partial charge on any atom is 0.264 e. The number of carbonyl (C=O) groups is 1. The Bertz CT molecular complexity index is 1200. The number of benzene rings is 3. The molecule has 0 aliphatic carbocycles. The first kappa shape index (κ1) is 22.5. The Labute approximate surface area is 192 Å².